The second-order valence-corrected chi connectivity index (χ2v) is 20.3. The van der Waals surface area contributed by atoms with Crippen LogP contribution in [-0.4, -0.2) is 138 Å². The summed E-state index contributed by atoms with van der Waals surface area (Å²) in [5, 5.41) is 100. The highest BCUT2D eigenvalue weighted by molar-refractivity contribution is 5.22. The molecule has 0 spiro atoms. The van der Waals surface area contributed by atoms with Crippen LogP contribution in [0, 0.1) is 45.3 Å². The summed E-state index contributed by atoms with van der Waals surface area (Å²) < 4.78 is 25.1. The summed E-state index contributed by atoms with van der Waals surface area (Å²) in [6.45, 7) is 17.8. The molecule has 4 saturated carbocycles. The highest BCUT2D eigenvalue weighted by Crippen LogP contribution is 2.76. The van der Waals surface area contributed by atoms with Crippen LogP contribution in [0.2, 0.25) is 0 Å². The maximum atomic E-state index is 12.3. The Kier molecular flexibility index (Phi) is 12.2. The fraction of sp³-hybridized carbons (Fsp3) is 0.952. The first-order valence-electron chi connectivity index (χ1n) is 20.8. The monoisotopic (exact) mass is 784 g/mol. The fourth-order valence-electron chi connectivity index (χ4n) is 13.3. The normalized spacial score (nSPS) is 53.4. The second kappa shape index (κ2) is 15.4. The van der Waals surface area contributed by atoms with Crippen molar-refractivity contribution in [2.75, 3.05) is 6.61 Å². The van der Waals surface area contributed by atoms with E-state index in [1.54, 1.807) is 0 Å². The minimum Gasteiger partial charge on any atom is -0.394 e. The third-order valence-corrected chi connectivity index (χ3v) is 16.5. The van der Waals surface area contributed by atoms with Crippen molar-refractivity contribution in [1.29, 1.82) is 0 Å². The van der Waals surface area contributed by atoms with Crippen molar-refractivity contribution in [1.82, 2.24) is 0 Å². The van der Waals surface area contributed by atoms with Crippen LogP contribution in [0.15, 0.2) is 11.6 Å². The van der Waals surface area contributed by atoms with Crippen molar-refractivity contribution >= 4 is 0 Å². The summed E-state index contributed by atoms with van der Waals surface area (Å²) in [6, 6.07) is 0. The lowest BCUT2D eigenvalue weighted by Gasteiger charge is -2.72. The predicted molar refractivity (Wildman–Crippen MR) is 201 cm³/mol. The zero-order valence-electron chi connectivity index (χ0n) is 34.4. The van der Waals surface area contributed by atoms with Crippen LogP contribution < -0.4 is 0 Å². The number of hydrogen-bond acceptors (Lipinski definition) is 13. The number of aliphatic hydroxyl groups excluding tert-OH is 8. The molecule has 4 aliphatic carbocycles. The summed E-state index contributed by atoms with van der Waals surface area (Å²) in [4.78, 5) is 0. The Bertz CT molecular complexity index is 1390. The van der Waals surface area contributed by atoms with E-state index in [0.29, 0.717) is 32.1 Å². The Hall–Kier alpha value is -0.780. The molecule has 9 N–H and O–H groups in total. The molecule has 6 fully saturated rings. The molecule has 2 saturated heterocycles. The van der Waals surface area contributed by atoms with E-state index in [0.717, 1.165) is 19.3 Å². The molecule has 13 heteroatoms. The van der Waals surface area contributed by atoms with E-state index in [4.69, 9.17) is 18.9 Å². The van der Waals surface area contributed by atoms with Gasteiger partial charge in [0, 0.05) is 0 Å². The molecule has 6 rings (SSSR count). The molecule has 318 valence electrons. The third kappa shape index (κ3) is 7.10. The van der Waals surface area contributed by atoms with E-state index >= 15 is 0 Å². The van der Waals surface area contributed by atoms with Gasteiger partial charge < -0.3 is 64.9 Å². The van der Waals surface area contributed by atoms with Crippen LogP contribution in [0.25, 0.3) is 0 Å². The van der Waals surface area contributed by atoms with Gasteiger partial charge in [-0.2, -0.15) is 0 Å². The molecule has 2 aliphatic heterocycles. The molecule has 21 atom stereocenters. The standard InChI is InChI=1S/C42H72O13/c1-20(2)11-10-14-42(9,51)22-12-16-40(7)28(22)23(44)17-26-39(6)15-13-27(45)38(4,5)35(39)24(18-41(26,40)8)53-37-34(32(49)30(47)25(19-43)54-37)55-36-33(50)31(48)29(46)21(3)52-36/h11,21-37,43-51H,10,12-19H2,1-9H3/t21-,22-,23+,24-,25+,26+,27-,28-,29-,30+,31+,32-,33+,34+,35-,36+,37-,39+,40+,41+,42-/m0/s1. The van der Waals surface area contributed by atoms with Crippen LogP contribution >= 0.6 is 0 Å². The molecular formula is C42H72O13. The van der Waals surface area contributed by atoms with E-state index in [-0.39, 0.29) is 23.7 Å². The van der Waals surface area contributed by atoms with E-state index in [9.17, 15) is 46.0 Å². The topological polar surface area (TPSA) is 219 Å². The first-order valence-corrected chi connectivity index (χ1v) is 20.8. The Morgan fingerprint density at radius 1 is 0.818 bits per heavy atom. The number of allylic oxidation sites excluding steroid dienone is 2. The highest BCUT2D eigenvalue weighted by Gasteiger charge is 2.73. The van der Waals surface area contributed by atoms with Gasteiger partial charge in [0.05, 0.1) is 36.6 Å². The number of ether oxygens (including phenoxy) is 4. The zero-order chi connectivity index (χ0) is 40.8. The van der Waals surface area contributed by atoms with Crippen LogP contribution in [0.3, 0.4) is 0 Å². The smallest absolute Gasteiger partial charge is 0.187 e. The maximum Gasteiger partial charge on any atom is 0.187 e. The predicted octanol–water partition coefficient (Wildman–Crippen LogP) is 2.15. The molecule has 0 radical (unpaired) electrons. The van der Waals surface area contributed by atoms with Crippen molar-refractivity contribution in [3.05, 3.63) is 11.6 Å². The van der Waals surface area contributed by atoms with Gasteiger partial charge in [-0.1, -0.05) is 46.3 Å². The molecule has 0 unspecified atom stereocenters. The van der Waals surface area contributed by atoms with Crippen molar-refractivity contribution < 1.29 is 64.9 Å². The molecule has 0 bridgehead atoms. The zero-order valence-corrected chi connectivity index (χ0v) is 34.4. The van der Waals surface area contributed by atoms with Gasteiger partial charge in [-0.15, -0.1) is 0 Å². The fourth-order valence-corrected chi connectivity index (χ4v) is 13.3. The molecule has 0 aromatic heterocycles. The summed E-state index contributed by atoms with van der Waals surface area (Å²) in [5.74, 6) is -0.526. The van der Waals surface area contributed by atoms with Gasteiger partial charge in [-0.3, -0.25) is 0 Å². The quantitative estimate of drug-likeness (QED) is 0.121. The lowest BCUT2D eigenvalue weighted by molar-refractivity contribution is -0.382. The average Bonchev–Trinajstić information content (AvgIpc) is 3.49. The van der Waals surface area contributed by atoms with Gasteiger partial charge in [0.15, 0.2) is 12.6 Å². The van der Waals surface area contributed by atoms with E-state index in [1.807, 2.05) is 20.8 Å². The van der Waals surface area contributed by atoms with Crippen LogP contribution in [-0.2, 0) is 18.9 Å². The highest BCUT2D eigenvalue weighted by atomic mass is 16.8. The van der Waals surface area contributed by atoms with Gasteiger partial charge in [0.2, 0.25) is 0 Å². The number of hydrogen-bond donors (Lipinski definition) is 9. The first-order chi connectivity index (χ1) is 25.5. The van der Waals surface area contributed by atoms with Gasteiger partial charge in [0.1, 0.15) is 42.7 Å². The lowest BCUT2D eigenvalue weighted by Crippen LogP contribution is -2.71. The molecule has 2 heterocycles. The third-order valence-electron chi connectivity index (χ3n) is 16.5. The summed E-state index contributed by atoms with van der Waals surface area (Å²) >= 11 is 0. The SMILES string of the molecule is CC(C)=CCC[C@](C)(O)[C@H]1CC[C@]2(C)[C@@H]1[C@H](O)C[C@@H]1[C@@]3(C)CC[C@H](O)C(C)(C)[C@@H]3[C@@H](O[C@H]3O[C@H](CO)[C@@H](O)[C@H](O)[C@H]3O[C@H]3O[C@@H](C)[C@H](O)[C@@H](O)[C@H]3O)C[C@]12C. The number of aliphatic hydroxyl groups is 9. The molecular weight excluding hydrogens is 712 g/mol. The number of fused-ring (bicyclic) bond motifs is 5. The lowest BCUT2D eigenvalue weighted by atomic mass is 9.34. The van der Waals surface area contributed by atoms with Crippen LogP contribution in [0.1, 0.15) is 114 Å². The van der Waals surface area contributed by atoms with E-state index < -0.39 is 114 Å². The first kappa shape index (κ1) is 43.8. The largest absolute Gasteiger partial charge is 0.394 e. The minimum absolute atomic E-state index is 0.0411. The van der Waals surface area contributed by atoms with E-state index in [1.165, 1.54) is 12.5 Å². The van der Waals surface area contributed by atoms with Gasteiger partial charge in [-0.25, -0.2) is 0 Å². The second-order valence-electron chi connectivity index (χ2n) is 20.3. The Balaban J connectivity index is 1.38. The Morgan fingerprint density at radius 3 is 2.13 bits per heavy atom. The summed E-state index contributed by atoms with van der Waals surface area (Å²) in [7, 11) is 0. The molecule has 0 aromatic rings. The van der Waals surface area contributed by atoms with Crippen LogP contribution in [0.5, 0.6) is 0 Å². The molecule has 0 amide bonds. The summed E-state index contributed by atoms with van der Waals surface area (Å²) in [5.41, 5.74) is -1.71. The van der Waals surface area contributed by atoms with Gasteiger partial charge >= 0.3 is 0 Å². The van der Waals surface area contributed by atoms with E-state index in [2.05, 4.69) is 40.7 Å². The van der Waals surface area contributed by atoms with Crippen molar-refractivity contribution in [2.24, 2.45) is 45.3 Å². The summed E-state index contributed by atoms with van der Waals surface area (Å²) in [6.07, 6.45) is -8.99. The molecule has 13 nitrogen and oxygen atoms in total. The number of rotatable bonds is 9. The van der Waals surface area contributed by atoms with Crippen molar-refractivity contribution in [3.63, 3.8) is 0 Å². The maximum absolute atomic E-state index is 12.3. The van der Waals surface area contributed by atoms with Gasteiger partial charge in [0.25, 0.3) is 0 Å². The average molecular weight is 785 g/mol. The Morgan fingerprint density at radius 2 is 1.49 bits per heavy atom. The molecule has 6 aliphatic rings. The molecule has 0 aromatic carbocycles. The van der Waals surface area contributed by atoms with Crippen LogP contribution in [0.4, 0.5) is 0 Å². The minimum atomic E-state index is -1.70. The van der Waals surface area contributed by atoms with Gasteiger partial charge in [-0.05, 0) is 124 Å². The molecule has 55 heavy (non-hydrogen) atoms. The van der Waals surface area contributed by atoms with Crippen molar-refractivity contribution in [2.45, 2.75) is 199 Å². The van der Waals surface area contributed by atoms with Crippen molar-refractivity contribution in [3.8, 4) is 0 Å². The Labute approximate surface area is 327 Å².